The van der Waals surface area contributed by atoms with Crippen molar-refractivity contribution in [2.24, 2.45) is 0 Å². The summed E-state index contributed by atoms with van der Waals surface area (Å²) in [6.45, 7) is 14.8. The van der Waals surface area contributed by atoms with Crippen LogP contribution >= 0.6 is 0 Å². The smallest absolute Gasteiger partial charge is 0.0346 e. The number of nitrogens with zero attached hydrogens (tertiary/aromatic N) is 3. The first-order valence-corrected chi connectivity index (χ1v) is 8.17. The molecule has 3 heterocycles. The van der Waals surface area contributed by atoms with Crippen LogP contribution in [-0.2, 0) is 0 Å². The lowest BCUT2D eigenvalue weighted by molar-refractivity contribution is 0.0274. The van der Waals surface area contributed by atoms with E-state index >= 15 is 0 Å². The third-order valence-corrected chi connectivity index (χ3v) is 5.37. The zero-order valence-electron chi connectivity index (χ0n) is 12.6. The number of hydrogen-bond acceptors (Lipinski definition) is 4. The first-order valence-electron chi connectivity index (χ1n) is 8.17. The van der Waals surface area contributed by atoms with Gasteiger partial charge >= 0.3 is 0 Å². The van der Waals surface area contributed by atoms with Crippen LogP contribution in [0.25, 0.3) is 0 Å². The lowest BCUT2D eigenvalue weighted by Gasteiger charge is -2.47. The summed E-state index contributed by atoms with van der Waals surface area (Å²) in [5.74, 6) is 0. The van der Waals surface area contributed by atoms with Gasteiger partial charge in [0.15, 0.2) is 0 Å². The van der Waals surface area contributed by atoms with Crippen molar-refractivity contribution < 1.29 is 0 Å². The van der Waals surface area contributed by atoms with E-state index in [4.69, 9.17) is 0 Å². The van der Waals surface area contributed by atoms with Crippen LogP contribution in [0.15, 0.2) is 0 Å². The Bertz CT molecular complexity index is 274. The van der Waals surface area contributed by atoms with E-state index in [9.17, 15) is 0 Å². The first kappa shape index (κ1) is 13.8. The van der Waals surface area contributed by atoms with Gasteiger partial charge in [-0.3, -0.25) is 9.80 Å². The summed E-state index contributed by atoms with van der Waals surface area (Å²) in [5.41, 5.74) is 0. The molecule has 0 aromatic heterocycles. The van der Waals surface area contributed by atoms with E-state index in [1.807, 2.05) is 0 Å². The summed E-state index contributed by atoms with van der Waals surface area (Å²) >= 11 is 0. The van der Waals surface area contributed by atoms with Gasteiger partial charge in [0.25, 0.3) is 0 Å². The first-order chi connectivity index (χ1) is 9.24. The van der Waals surface area contributed by atoms with Crippen molar-refractivity contribution in [3.8, 4) is 0 Å². The summed E-state index contributed by atoms with van der Waals surface area (Å²) < 4.78 is 0. The largest absolute Gasteiger partial charge is 0.314 e. The molecule has 0 bridgehead atoms. The van der Waals surface area contributed by atoms with Gasteiger partial charge in [-0.2, -0.15) is 0 Å². The molecule has 0 unspecified atom stereocenters. The Hall–Kier alpha value is -0.160. The van der Waals surface area contributed by atoms with Crippen LogP contribution in [0.4, 0.5) is 0 Å². The highest BCUT2D eigenvalue weighted by Crippen LogP contribution is 2.20. The monoisotopic (exact) mass is 266 g/mol. The minimum absolute atomic E-state index is 0.726. The molecule has 3 rings (SSSR count). The molecule has 4 nitrogen and oxygen atoms in total. The van der Waals surface area contributed by atoms with E-state index < -0.39 is 0 Å². The number of piperidine rings is 1. The van der Waals surface area contributed by atoms with E-state index in [0.29, 0.717) is 0 Å². The number of piperazine rings is 1. The Morgan fingerprint density at radius 3 is 1.74 bits per heavy atom. The van der Waals surface area contributed by atoms with Crippen molar-refractivity contribution in [1.29, 1.82) is 0 Å². The van der Waals surface area contributed by atoms with Crippen LogP contribution < -0.4 is 5.32 Å². The van der Waals surface area contributed by atoms with Crippen molar-refractivity contribution in [1.82, 2.24) is 20.0 Å². The van der Waals surface area contributed by atoms with E-state index in [-0.39, 0.29) is 0 Å². The van der Waals surface area contributed by atoms with Crippen LogP contribution in [0.1, 0.15) is 26.7 Å². The topological polar surface area (TPSA) is 21.8 Å². The van der Waals surface area contributed by atoms with Gasteiger partial charge in [0, 0.05) is 57.4 Å². The average Bonchev–Trinajstić information content (AvgIpc) is 2.38. The molecule has 110 valence electrons. The molecule has 3 fully saturated rings. The van der Waals surface area contributed by atoms with E-state index in [1.54, 1.807) is 0 Å². The maximum atomic E-state index is 3.39. The molecule has 0 aromatic rings. The van der Waals surface area contributed by atoms with Gasteiger partial charge in [-0.05, 0) is 39.8 Å². The maximum Gasteiger partial charge on any atom is 0.0346 e. The second-order valence-corrected chi connectivity index (χ2v) is 6.74. The molecule has 4 heteroatoms. The molecule has 0 amide bonds. The third kappa shape index (κ3) is 3.13. The lowest BCUT2D eigenvalue weighted by atomic mass is 10.0. The second-order valence-electron chi connectivity index (χ2n) is 6.74. The molecular formula is C15H30N4. The fraction of sp³-hybridized carbons (Fsp3) is 1.00. The molecular weight excluding hydrogens is 236 g/mol. The van der Waals surface area contributed by atoms with Crippen molar-refractivity contribution in [3.05, 3.63) is 0 Å². The molecule has 0 saturated carbocycles. The molecule has 3 aliphatic rings. The lowest BCUT2D eigenvalue weighted by Crippen LogP contribution is -2.62. The second kappa shape index (κ2) is 6.08. The zero-order valence-corrected chi connectivity index (χ0v) is 12.6. The molecule has 0 aliphatic carbocycles. The SMILES string of the molecule is CC(C)N1CCC(N2CCN(C3CNC3)CC2)CC1. The molecule has 3 saturated heterocycles. The van der Waals surface area contributed by atoms with Gasteiger partial charge in [0.2, 0.25) is 0 Å². The fourth-order valence-electron chi connectivity index (χ4n) is 3.77. The Balaban J connectivity index is 1.42. The highest BCUT2D eigenvalue weighted by atomic mass is 15.3. The molecule has 0 atom stereocenters. The Kier molecular flexibility index (Phi) is 4.42. The summed E-state index contributed by atoms with van der Waals surface area (Å²) in [6, 6.07) is 2.42. The van der Waals surface area contributed by atoms with E-state index in [0.717, 1.165) is 18.1 Å². The van der Waals surface area contributed by atoms with Crippen LogP contribution in [0.2, 0.25) is 0 Å². The molecule has 0 radical (unpaired) electrons. The Labute approximate surface area is 118 Å². The number of nitrogens with one attached hydrogen (secondary N) is 1. The van der Waals surface area contributed by atoms with Crippen LogP contribution in [0, 0.1) is 0 Å². The van der Waals surface area contributed by atoms with E-state index in [1.165, 1.54) is 65.2 Å². The molecule has 0 aromatic carbocycles. The van der Waals surface area contributed by atoms with Crippen molar-refractivity contribution in [3.63, 3.8) is 0 Å². The molecule has 1 N–H and O–H groups in total. The van der Waals surface area contributed by atoms with Crippen LogP contribution in [0.3, 0.4) is 0 Å². The minimum Gasteiger partial charge on any atom is -0.314 e. The Morgan fingerprint density at radius 2 is 1.32 bits per heavy atom. The number of likely N-dealkylation sites (tertiary alicyclic amines) is 1. The Morgan fingerprint density at radius 1 is 0.789 bits per heavy atom. The van der Waals surface area contributed by atoms with Gasteiger partial charge < -0.3 is 10.2 Å². The summed E-state index contributed by atoms with van der Waals surface area (Å²) in [6.07, 6.45) is 2.76. The quantitative estimate of drug-likeness (QED) is 0.800. The van der Waals surface area contributed by atoms with Crippen LogP contribution in [-0.4, -0.2) is 85.2 Å². The minimum atomic E-state index is 0.726. The van der Waals surface area contributed by atoms with Gasteiger partial charge in [-0.1, -0.05) is 0 Å². The van der Waals surface area contributed by atoms with Gasteiger partial charge in [-0.25, -0.2) is 0 Å². The molecule has 0 spiro atoms. The van der Waals surface area contributed by atoms with Gasteiger partial charge in [0.1, 0.15) is 0 Å². The highest BCUT2D eigenvalue weighted by Gasteiger charge is 2.31. The van der Waals surface area contributed by atoms with Crippen molar-refractivity contribution in [2.45, 2.75) is 44.8 Å². The highest BCUT2D eigenvalue weighted by molar-refractivity contribution is 4.90. The normalized spacial score (nSPS) is 29.8. The fourth-order valence-corrected chi connectivity index (χ4v) is 3.77. The molecule has 3 aliphatic heterocycles. The predicted molar refractivity (Wildman–Crippen MR) is 79.5 cm³/mol. The number of rotatable bonds is 3. The van der Waals surface area contributed by atoms with Gasteiger partial charge in [0.05, 0.1) is 0 Å². The van der Waals surface area contributed by atoms with Gasteiger partial charge in [-0.15, -0.1) is 0 Å². The third-order valence-electron chi connectivity index (χ3n) is 5.37. The summed E-state index contributed by atoms with van der Waals surface area (Å²) in [4.78, 5) is 8.09. The summed E-state index contributed by atoms with van der Waals surface area (Å²) in [7, 11) is 0. The van der Waals surface area contributed by atoms with Crippen molar-refractivity contribution >= 4 is 0 Å². The summed E-state index contributed by atoms with van der Waals surface area (Å²) in [5, 5.41) is 3.39. The predicted octanol–water partition coefficient (Wildman–Crippen LogP) is 0.449. The number of hydrogen-bond donors (Lipinski definition) is 1. The van der Waals surface area contributed by atoms with Crippen molar-refractivity contribution in [2.75, 3.05) is 52.4 Å². The standard InChI is InChI=1S/C15H30N4/c1-13(2)17-5-3-14(4-6-17)18-7-9-19(10-8-18)15-11-16-12-15/h13-16H,3-12H2,1-2H3. The average molecular weight is 266 g/mol. The van der Waals surface area contributed by atoms with E-state index in [2.05, 4.69) is 33.9 Å². The zero-order chi connectivity index (χ0) is 13.2. The molecule has 19 heavy (non-hydrogen) atoms. The van der Waals surface area contributed by atoms with Crippen LogP contribution in [0.5, 0.6) is 0 Å². The maximum absolute atomic E-state index is 3.39.